The van der Waals surface area contributed by atoms with Gasteiger partial charge in [0.15, 0.2) is 5.75 Å². The molecule has 0 saturated carbocycles. The molecule has 0 saturated heterocycles. The fourth-order valence-electron chi connectivity index (χ4n) is 4.51. The summed E-state index contributed by atoms with van der Waals surface area (Å²) in [5.41, 5.74) is 24.8. The molecular weight excluding hydrogens is 596 g/mol. The molecule has 10 nitrogen and oxygen atoms in total. The third kappa shape index (κ3) is 8.04. The monoisotopic (exact) mass is 625 g/mol. The Labute approximate surface area is 309 Å². The molecule has 46 heavy (non-hydrogen) atoms. The van der Waals surface area contributed by atoms with Crippen LogP contribution in [-0.2, 0) is 0 Å². The first kappa shape index (κ1) is 34.5. The van der Waals surface area contributed by atoms with Crippen LogP contribution in [0.3, 0.4) is 0 Å². The Morgan fingerprint density at radius 3 is 1.50 bits per heavy atom. The van der Waals surface area contributed by atoms with Gasteiger partial charge in [-0.05, 0) is 83.2 Å². The van der Waals surface area contributed by atoms with Crippen molar-refractivity contribution in [3.05, 3.63) is 121 Å². The number of hydrogen-bond donors (Lipinski definition) is 4. The molecule has 12 heteroatoms. The number of fused-ring (bicyclic) bond motifs is 1. The van der Waals surface area contributed by atoms with Gasteiger partial charge in [-0.3, -0.25) is 0 Å². The van der Waals surface area contributed by atoms with E-state index in [1.807, 2.05) is 91.0 Å². The summed E-state index contributed by atoms with van der Waals surface area (Å²) in [6.07, 6.45) is 0. The number of hydrogen-bond acceptors (Lipinski definition) is 10. The van der Waals surface area contributed by atoms with Gasteiger partial charge in [-0.1, -0.05) is 54.6 Å². The van der Waals surface area contributed by atoms with Crippen molar-refractivity contribution < 1.29 is 5.11 Å². The molecule has 0 unspecified atom stereocenters. The van der Waals surface area contributed by atoms with Gasteiger partial charge in [-0.2, -0.15) is 15.3 Å². The fraction of sp³-hybridized carbons (Fsp3) is 0. The Bertz CT molecular complexity index is 2050. The van der Waals surface area contributed by atoms with Gasteiger partial charge in [0, 0.05) is 5.69 Å². The van der Waals surface area contributed by atoms with Gasteiger partial charge in [0.25, 0.3) is 0 Å². The van der Waals surface area contributed by atoms with Crippen LogP contribution in [0.25, 0.3) is 21.9 Å². The van der Waals surface area contributed by atoms with Crippen molar-refractivity contribution in [2.75, 3.05) is 17.2 Å². The van der Waals surface area contributed by atoms with Gasteiger partial charge < -0.3 is 22.3 Å². The topological polar surface area (TPSA) is 172 Å². The number of nitrogens with zero attached hydrogens (tertiary/aromatic N) is 6. The molecule has 6 rings (SSSR count). The molecule has 7 N–H and O–H groups in total. The second-order valence-corrected chi connectivity index (χ2v) is 9.88. The van der Waals surface area contributed by atoms with Crippen LogP contribution in [0.1, 0.15) is 0 Å². The Kier molecular flexibility index (Phi) is 11.8. The van der Waals surface area contributed by atoms with Crippen molar-refractivity contribution in [2.24, 2.45) is 30.7 Å². The van der Waals surface area contributed by atoms with Crippen molar-refractivity contribution in [1.29, 1.82) is 0 Å². The van der Waals surface area contributed by atoms with Gasteiger partial charge in [0.1, 0.15) is 17.1 Å². The second kappa shape index (κ2) is 15.7. The Balaban J connectivity index is 0.00000240. The normalized spacial score (nSPS) is 11.2. The predicted octanol–water partition coefficient (Wildman–Crippen LogP) is 8.91. The number of aromatic hydroxyl groups is 1. The molecule has 0 bridgehead atoms. The Morgan fingerprint density at radius 1 is 0.457 bits per heavy atom. The summed E-state index contributed by atoms with van der Waals surface area (Å²) < 4.78 is 0. The van der Waals surface area contributed by atoms with Crippen molar-refractivity contribution in [1.82, 2.24) is 0 Å². The standard InChI is InChI=1S/C34H27N9O.2Na.2H/c35-24-12-19-29(28(36)20-24)41-39-26-13-6-21(7-14-26)22-8-15-27(16-9-22)40-42-30-17-10-23-11-18-31(34(44)32(23)33(30)37)43-38-25-4-2-1-3-5-25;;;;/h1-20,44H,35-37H2;;;;. The van der Waals surface area contributed by atoms with E-state index in [4.69, 9.17) is 17.2 Å². The number of phenolic OH excluding ortho intramolecular Hbond substituents is 1. The van der Waals surface area contributed by atoms with Gasteiger partial charge in [-0.15, -0.1) is 15.3 Å². The maximum atomic E-state index is 10.9. The minimum atomic E-state index is -0.0667. The molecule has 0 aliphatic carbocycles. The van der Waals surface area contributed by atoms with Crippen molar-refractivity contribution >= 4 is 121 Å². The first-order valence-corrected chi connectivity index (χ1v) is 13.6. The van der Waals surface area contributed by atoms with E-state index in [-0.39, 0.29) is 64.9 Å². The first-order valence-electron chi connectivity index (χ1n) is 13.6. The van der Waals surface area contributed by atoms with E-state index in [0.29, 0.717) is 56.6 Å². The molecule has 0 radical (unpaired) electrons. The molecule has 6 aromatic carbocycles. The number of benzene rings is 6. The van der Waals surface area contributed by atoms with Crippen LogP contribution in [0, 0.1) is 0 Å². The van der Waals surface area contributed by atoms with E-state index >= 15 is 0 Å². The minimum absolute atomic E-state index is 0. The summed E-state index contributed by atoms with van der Waals surface area (Å²) in [5.74, 6) is -0.0667. The molecule has 6 aromatic rings. The van der Waals surface area contributed by atoms with Crippen LogP contribution in [0.2, 0.25) is 0 Å². The molecule has 218 valence electrons. The molecule has 0 fully saturated rings. The molecular formula is C34H29N9Na2O. The zero-order valence-corrected chi connectivity index (χ0v) is 23.4. The summed E-state index contributed by atoms with van der Waals surface area (Å²) in [5, 5.41) is 37.8. The fourth-order valence-corrected chi connectivity index (χ4v) is 4.51. The molecule has 0 atom stereocenters. The summed E-state index contributed by atoms with van der Waals surface area (Å²) in [6, 6.07) is 36.9. The van der Waals surface area contributed by atoms with Crippen molar-refractivity contribution in [3.8, 4) is 16.9 Å². The van der Waals surface area contributed by atoms with E-state index in [1.54, 1.807) is 30.3 Å². The molecule has 0 amide bonds. The number of phenols is 1. The predicted molar refractivity (Wildman–Crippen MR) is 190 cm³/mol. The van der Waals surface area contributed by atoms with Crippen molar-refractivity contribution in [2.45, 2.75) is 0 Å². The molecule has 0 aromatic heterocycles. The zero-order valence-electron chi connectivity index (χ0n) is 23.4. The SMILES string of the molecule is Nc1ccc(N=Nc2ccc(-c3ccc(N=Nc4ccc5ccc(N=Nc6ccccc6)c(O)c5c4N)cc3)cc2)c(N)c1.[NaH].[NaH]. The number of nitrogens with two attached hydrogens (primary N) is 3. The second-order valence-electron chi connectivity index (χ2n) is 9.88. The van der Waals surface area contributed by atoms with E-state index in [2.05, 4.69) is 30.7 Å². The molecule has 0 aliphatic heterocycles. The summed E-state index contributed by atoms with van der Waals surface area (Å²) >= 11 is 0. The van der Waals surface area contributed by atoms with Crippen LogP contribution in [-0.4, -0.2) is 64.2 Å². The molecule has 0 heterocycles. The Hall–Kier alpha value is -4.42. The van der Waals surface area contributed by atoms with E-state index < -0.39 is 0 Å². The third-order valence-corrected chi connectivity index (χ3v) is 6.85. The molecule has 0 spiro atoms. The number of rotatable bonds is 7. The van der Waals surface area contributed by atoms with Gasteiger partial charge in [-0.25, -0.2) is 0 Å². The van der Waals surface area contributed by atoms with Crippen molar-refractivity contribution in [3.63, 3.8) is 0 Å². The average Bonchev–Trinajstić information content (AvgIpc) is 3.05. The zero-order chi connectivity index (χ0) is 30.5. The third-order valence-electron chi connectivity index (χ3n) is 6.85. The van der Waals surface area contributed by atoms with E-state index in [0.717, 1.165) is 16.5 Å². The van der Waals surface area contributed by atoms with Gasteiger partial charge in [0.05, 0.1) is 33.8 Å². The first-order chi connectivity index (χ1) is 21.4. The quantitative estimate of drug-likeness (QED) is 0.0788. The van der Waals surface area contributed by atoms with E-state index in [9.17, 15) is 5.11 Å². The van der Waals surface area contributed by atoms with E-state index in [1.165, 1.54) is 0 Å². The number of anilines is 3. The van der Waals surface area contributed by atoms with Crippen LogP contribution >= 0.6 is 0 Å². The van der Waals surface area contributed by atoms with Crippen LogP contribution < -0.4 is 17.2 Å². The summed E-state index contributed by atoms with van der Waals surface area (Å²) in [4.78, 5) is 0. The summed E-state index contributed by atoms with van der Waals surface area (Å²) in [7, 11) is 0. The van der Waals surface area contributed by atoms with Gasteiger partial charge in [0.2, 0.25) is 0 Å². The van der Waals surface area contributed by atoms with Gasteiger partial charge >= 0.3 is 59.1 Å². The molecule has 0 aliphatic rings. The van der Waals surface area contributed by atoms with Crippen LogP contribution in [0.4, 0.5) is 51.2 Å². The number of azo groups is 3. The average molecular weight is 626 g/mol. The maximum absolute atomic E-state index is 10.9. The summed E-state index contributed by atoms with van der Waals surface area (Å²) in [6.45, 7) is 0. The Morgan fingerprint density at radius 2 is 0.935 bits per heavy atom. The van der Waals surface area contributed by atoms with Crippen LogP contribution in [0.5, 0.6) is 5.75 Å². The van der Waals surface area contributed by atoms with Crippen LogP contribution in [0.15, 0.2) is 152 Å². The number of nitrogen functional groups attached to an aromatic ring is 3.